The molecule has 0 saturated heterocycles. The van der Waals surface area contributed by atoms with Crippen LogP contribution in [0.4, 0.5) is 4.39 Å². The van der Waals surface area contributed by atoms with E-state index < -0.39 is 0 Å². The number of aryl methyl sites for hydroxylation is 1. The van der Waals surface area contributed by atoms with Crippen molar-refractivity contribution >= 4 is 29.9 Å². The molecule has 1 heterocycles. The van der Waals surface area contributed by atoms with Gasteiger partial charge in [0.05, 0.1) is 6.54 Å². The molecule has 26 heavy (non-hydrogen) atoms. The number of rotatable bonds is 5. The zero-order valence-corrected chi connectivity index (χ0v) is 18.0. The summed E-state index contributed by atoms with van der Waals surface area (Å²) in [4.78, 5) is 6.56. The van der Waals surface area contributed by atoms with Crippen LogP contribution in [0, 0.1) is 5.82 Å². The molecular formula is C20H28FIN4. The van der Waals surface area contributed by atoms with Crippen LogP contribution in [0.15, 0.2) is 47.6 Å². The van der Waals surface area contributed by atoms with Crippen molar-refractivity contribution in [2.45, 2.75) is 31.2 Å². The van der Waals surface area contributed by atoms with E-state index in [1.165, 1.54) is 17.7 Å². The molecular weight excluding hydrogens is 442 g/mol. The Morgan fingerprint density at radius 2 is 1.96 bits per heavy atom. The maximum atomic E-state index is 13.2. The molecule has 0 radical (unpaired) electrons. The maximum Gasteiger partial charge on any atom is 0.193 e. The molecule has 1 aromatic carbocycles. The smallest absolute Gasteiger partial charge is 0.193 e. The van der Waals surface area contributed by atoms with Gasteiger partial charge in [-0.1, -0.05) is 18.6 Å². The first-order valence-electron chi connectivity index (χ1n) is 8.82. The van der Waals surface area contributed by atoms with Gasteiger partial charge in [0.2, 0.25) is 0 Å². The number of hydrogen-bond acceptors (Lipinski definition) is 1. The molecule has 0 spiro atoms. The second-order valence-corrected chi connectivity index (χ2v) is 7.01. The predicted octanol–water partition coefficient (Wildman–Crippen LogP) is 3.91. The molecule has 0 amide bonds. The van der Waals surface area contributed by atoms with Crippen molar-refractivity contribution in [1.82, 2.24) is 14.8 Å². The Hall–Kier alpha value is -1.57. The van der Waals surface area contributed by atoms with Gasteiger partial charge in [0.25, 0.3) is 0 Å². The molecule has 2 aromatic rings. The molecule has 0 atom stereocenters. The highest BCUT2D eigenvalue weighted by Crippen LogP contribution is 2.43. The van der Waals surface area contributed by atoms with Gasteiger partial charge in [0.15, 0.2) is 5.96 Å². The Labute approximate surface area is 172 Å². The second kappa shape index (κ2) is 8.88. The highest BCUT2D eigenvalue weighted by atomic mass is 127. The summed E-state index contributed by atoms with van der Waals surface area (Å²) in [7, 11) is 5.92. The van der Waals surface area contributed by atoms with Gasteiger partial charge >= 0.3 is 0 Å². The fraction of sp³-hybridized carbons (Fsp3) is 0.450. The molecule has 1 aliphatic carbocycles. The van der Waals surface area contributed by atoms with Crippen molar-refractivity contribution in [2.75, 3.05) is 20.6 Å². The second-order valence-electron chi connectivity index (χ2n) is 7.01. The molecule has 1 aromatic heterocycles. The van der Waals surface area contributed by atoms with Gasteiger partial charge in [-0.2, -0.15) is 0 Å². The first-order chi connectivity index (χ1) is 12.0. The van der Waals surface area contributed by atoms with E-state index >= 15 is 0 Å². The van der Waals surface area contributed by atoms with Crippen LogP contribution in [-0.2, 0) is 19.0 Å². The predicted molar refractivity (Wildman–Crippen MR) is 116 cm³/mol. The van der Waals surface area contributed by atoms with E-state index in [1.54, 1.807) is 12.1 Å². The van der Waals surface area contributed by atoms with Crippen molar-refractivity contribution in [2.24, 2.45) is 12.0 Å². The summed E-state index contributed by atoms with van der Waals surface area (Å²) in [5.41, 5.74) is 2.55. The standard InChI is InChI=1S/C20H27FN4.HI/c1-22-19(25(3)14-18-6-4-13-24(18)2)23-15-20(11-5-12-20)16-7-9-17(21)10-8-16;/h4,6-10,13H,5,11-12,14-15H2,1-3H3,(H,22,23);1H. The minimum absolute atomic E-state index is 0. The fourth-order valence-electron chi connectivity index (χ4n) is 3.59. The summed E-state index contributed by atoms with van der Waals surface area (Å²) >= 11 is 0. The van der Waals surface area contributed by atoms with Gasteiger partial charge in [-0.25, -0.2) is 4.39 Å². The molecule has 0 aliphatic heterocycles. The van der Waals surface area contributed by atoms with Gasteiger partial charge in [0.1, 0.15) is 5.82 Å². The van der Waals surface area contributed by atoms with Gasteiger partial charge in [0, 0.05) is 45.0 Å². The minimum atomic E-state index is -0.177. The summed E-state index contributed by atoms with van der Waals surface area (Å²) in [5, 5.41) is 3.53. The van der Waals surface area contributed by atoms with Crippen molar-refractivity contribution in [1.29, 1.82) is 0 Å². The summed E-state index contributed by atoms with van der Waals surface area (Å²) in [6.45, 7) is 1.62. The van der Waals surface area contributed by atoms with Gasteiger partial charge in [-0.05, 0) is 42.7 Å². The normalized spacial score (nSPS) is 15.8. The highest BCUT2D eigenvalue weighted by Gasteiger charge is 2.38. The van der Waals surface area contributed by atoms with Crippen LogP contribution >= 0.6 is 24.0 Å². The summed E-state index contributed by atoms with van der Waals surface area (Å²) in [6, 6.07) is 11.1. The lowest BCUT2D eigenvalue weighted by Gasteiger charge is -2.43. The molecule has 4 nitrogen and oxygen atoms in total. The Bertz CT molecular complexity index is 735. The van der Waals surface area contributed by atoms with E-state index in [9.17, 15) is 4.39 Å². The van der Waals surface area contributed by atoms with Crippen LogP contribution in [0.3, 0.4) is 0 Å². The quantitative estimate of drug-likeness (QED) is 0.409. The number of aliphatic imine (C=N–C) groups is 1. The zero-order valence-electron chi connectivity index (χ0n) is 15.7. The van der Waals surface area contributed by atoms with Crippen LogP contribution in [0.5, 0.6) is 0 Å². The SMILES string of the molecule is CN=C(NCC1(c2ccc(F)cc2)CCC1)N(C)Cc1cccn1C.I. The van der Waals surface area contributed by atoms with E-state index in [0.29, 0.717) is 0 Å². The highest BCUT2D eigenvalue weighted by molar-refractivity contribution is 14.0. The average molecular weight is 470 g/mol. The molecule has 1 N–H and O–H groups in total. The molecule has 0 unspecified atom stereocenters. The lowest BCUT2D eigenvalue weighted by atomic mass is 9.64. The van der Waals surface area contributed by atoms with E-state index in [-0.39, 0.29) is 35.2 Å². The average Bonchev–Trinajstić information content (AvgIpc) is 2.96. The summed E-state index contributed by atoms with van der Waals surface area (Å²) in [6.07, 6.45) is 5.53. The number of halogens is 2. The monoisotopic (exact) mass is 470 g/mol. The molecule has 0 bridgehead atoms. The van der Waals surface area contributed by atoms with Gasteiger partial charge in [-0.15, -0.1) is 24.0 Å². The summed E-state index contributed by atoms with van der Waals surface area (Å²) < 4.78 is 15.4. The van der Waals surface area contributed by atoms with E-state index in [2.05, 4.69) is 45.2 Å². The largest absolute Gasteiger partial charge is 0.355 e. The van der Waals surface area contributed by atoms with Crippen molar-refractivity contribution in [3.05, 3.63) is 59.7 Å². The lowest BCUT2D eigenvalue weighted by molar-refractivity contribution is 0.241. The van der Waals surface area contributed by atoms with Gasteiger partial charge in [-0.3, -0.25) is 4.99 Å². The van der Waals surface area contributed by atoms with Crippen molar-refractivity contribution in [3.63, 3.8) is 0 Å². The van der Waals surface area contributed by atoms with Gasteiger partial charge < -0.3 is 14.8 Å². The Morgan fingerprint density at radius 1 is 1.27 bits per heavy atom. The minimum Gasteiger partial charge on any atom is -0.355 e. The molecule has 1 saturated carbocycles. The first-order valence-corrected chi connectivity index (χ1v) is 8.82. The van der Waals surface area contributed by atoms with Crippen LogP contribution in [0.2, 0.25) is 0 Å². The van der Waals surface area contributed by atoms with Crippen LogP contribution < -0.4 is 5.32 Å². The Morgan fingerprint density at radius 3 is 2.46 bits per heavy atom. The number of hydrogen-bond donors (Lipinski definition) is 1. The summed E-state index contributed by atoms with van der Waals surface area (Å²) in [5.74, 6) is 0.707. The topological polar surface area (TPSA) is 32.6 Å². The first kappa shape index (κ1) is 20.7. The van der Waals surface area contributed by atoms with Crippen LogP contribution in [0.1, 0.15) is 30.5 Å². The van der Waals surface area contributed by atoms with Crippen LogP contribution in [0.25, 0.3) is 0 Å². The lowest BCUT2D eigenvalue weighted by Crippen LogP contribution is -2.49. The zero-order chi connectivity index (χ0) is 17.9. The number of nitrogens with zero attached hydrogens (tertiary/aromatic N) is 3. The van der Waals surface area contributed by atoms with E-state index in [0.717, 1.165) is 31.9 Å². The Kier molecular flexibility index (Phi) is 7.08. The van der Waals surface area contributed by atoms with E-state index in [1.807, 2.05) is 26.2 Å². The number of benzene rings is 1. The number of aromatic nitrogens is 1. The number of nitrogens with one attached hydrogen (secondary N) is 1. The third-order valence-electron chi connectivity index (χ3n) is 5.38. The van der Waals surface area contributed by atoms with Crippen molar-refractivity contribution < 1.29 is 4.39 Å². The molecule has 142 valence electrons. The van der Waals surface area contributed by atoms with E-state index in [4.69, 9.17) is 0 Å². The third-order valence-corrected chi connectivity index (χ3v) is 5.38. The van der Waals surface area contributed by atoms with Crippen molar-refractivity contribution in [3.8, 4) is 0 Å². The third kappa shape index (κ3) is 4.39. The molecule has 3 rings (SSSR count). The molecule has 1 aliphatic rings. The maximum absolute atomic E-state index is 13.2. The van der Waals surface area contributed by atoms with Crippen LogP contribution in [-0.4, -0.2) is 36.1 Å². The Balaban J connectivity index is 0.00000243. The molecule has 1 fully saturated rings. The fourth-order valence-corrected chi connectivity index (χ4v) is 3.59. The molecule has 6 heteroatoms. The number of guanidine groups is 1.